The van der Waals surface area contributed by atoms with Crippen LogP contribution in [0.3, 0.4) is 0 Å². The first-order chi connectivity index (χ1) is 17.5. The minimum atomic E-state index is -1.98. The molecule has 1 aromatic carbocycles. The van der Waals surface area contributed by atoms with Gasteiger partial charge < -0.3 is 19.8 Å². The van der Waals surface area contributed by atoms with E-state index in [1.54, 1.807) is 11.0 Å². The maximum Gasteiger partial charge on any atom is 0.248 e. The third kappa shape index (κ3) is 3.43. The van der Waals surface area contributed by atoms with Crippen molar-refractivity contribution in [3.8, 4) is 5.75 Å². The van der Waals surface area contributed by atoms with Gasteiger partial charge in [0.1, 0.15) is 22.7 Å². The van der Waals surface area contributed by atoms with Gasteiger partial charge in [0.05, 0.1) is 29.5 Å². The first-order valence-electron chi connectivity index (χ1n) is 13.2. The molecule has 2 N–H and O–H groups in total. The van der Waals surface area contributed by atoms with Crippen molar-refractivity contribution in [3.05, 3.63) is 52.0 Å². The molecule has 0 fully saturated rings. The maximum atomic E-state index is 15.0. The quantitative estimate of drug-likeness (QED) is 0.517. The number of aliphatic hydroxyl groups is 2. The molecule has 0 saturated heterocycles. The molecule has 1 aromatic rings. The number of nitrogens with zero attached hydrogens (tertiary/aromatic N) is 1. The zero-order chi connectivity index (χ0) is 28.2. The number of carbonyl (C=O) groups is 3. The van der Waals surface area contributed by atoms with Crippen molar-refractivity contribution in [1.29, 1.82) is 0 Å². The lowest BCUT2D eigenvalue weighted by atomic mass is 9.59. The van der Waals surface area contributed by atoms with Gasteiger partial charge >= 0.3 is 0 Å². The van der Waals surface area contributed by atoms with Crippen LogP contribution in [0.1, 0.15) is 85.3 Å². The van der Waals surface area contributed by atoms with E-state index in [1.165, 1.54) is 7.11 Å². The Morgan fingerprint density at radius 1 is 0.816 bits per heavy atom. The fourth-order valence-corrected chi connectivity index (χ4v) is 7.20. The molecule has 5 rings (SSSR count). The number of Topliss-reactive ketones (excluding diaryl/α,β-unsaturated/α-hetero) is 2. The Hall–Kier alpha value is -3.35. The van der Waals surface area contributed by atoms with Crippen molar-refractivity contribution in [2.24, 2.45) is 10.8 Å². The Balaban J connectivity index is 1.99. The van der Waals surface area contributed by atoms with E-state index in [4.69, 9.17) is 4.74 Å². The van der Waals surface area contributed by atoms with Crippen LogP contribution in [-0.2, 0) is 19.8 Å². The van der Waals surface area contributed by atoms with Gasteiger partial charge in [0, 0.05) is 36.8 Å². The number of ether oxygens (including phenoxy) is 1. The Bertz CT molecular complexity index is 1370. The third-order valence-electron chi connectivity index (χ3n) is 8.50. The summed E-state index contributed by atoms with van der Waals surface area (Å²) in [5.74, 6) is -1.28. The summed E-state index contributed by atoms with van der Waals surface area (Å²) in [6.45, 7) is 13.3. The van der Waals surface area contributed by atoms with Crippen molar-refractivity contribution in [1.82, 2.24) is 0 Å². The summed E-state index contributed by atoms with van der Waals surface area (Å²) < 4.78 is 5.63. The molecule has 2 aliphatic heterocycles. The molecular formula is C31H37NO6. The molecule has 0 atom stereocenters. The second kappa shape index (κ2) is 7.84. The average molecular weight is 520 g/mol. The predicted octanol–water partition coefficient (Wildman–Crippen LogP) is 5.88. The molecule has 1 amide bonds. The van der Waals surface area contributed by atoms with Gasteiger partial charge in [0.15, 0.2) is 11.6 Å². The zero-order valence-electron chi connectivity index (χ0n) is 23.5. The summed E-state index contributed by atoms with van der Waals surface area (Å²) in [4.78, 5) is 44.6. The van der Waals surface area contributed by atoms with E-state index in [1.807, 2.05) is 60.6 Å². The first-order valence-corrected chi connectivity index (χ1v) is 13.2. The Labute approximate surface area is 223 Å². The number of anilines is 1. The second-order valence-corrected chi connectivity index (χ2v) is 13.5. The second-order valence-electron chi connectivity index (χ2n) is 13.5. The number of hydrogen-bond acceptors (Lipinski definition) is 6. The molecular weight excluding hydrogens is 482 g/mol. The number of methoxy groups -OCH3 is 1. The molecule has 0 spiro atoms. The molecule has 2 heterocycles. The summed E-state index contributed by atoms with van der Waals surface area (Å²) in [7, 11) is 1.52. The fourth-order valence-electron chi connectivity index (χ4n) is 7.20. The van der Waals surface area contributed by atoms with Gasteiger partial charge in [0.2, 0.25) is 5.91 Å². The van der Waals surface area contributed by atoms with E-state index in [9.17, 15) is 24.6 Å². The van der Waals surface area contributed by atoms with Crippen LogP contribution in [0.4, 0.5) is 5.69 Å². The van der Waals surface area contributed by atoms with E-state index < -0.39 is 39.3 Å². The van der Waals surface area contributed by atoms with Crippen LogP contribution >= 0.6 is 0 Å². The fraction of sp³-hybridized carbons (Fsp3) is 0.516. The van der Waals surface area contributed by atoms with Crippen LogP contribution in [0.25, 0.3) is 5.57 Å². The Morgan fingerprint density at radius 2 is 1.32 bits per heavy atom. The largest absolute Gasteiger partial charge is 0.512 e. The van der Waals surface area contributed by atoms with E-state index in [-0.39, 0.29) is 48.3 Å². The Morgan fingerprint density at radius 3 is 1.76 bits per heavy atom. The number of allylic oxidation sites excluding steroid dienone is 3. The highest BCUT2D eigenvalue weighted by Crippen LogP contribution is 2.61. The number of benzene rings is 1. The molecule has 7 heteroatoms. The van der Waals surface area contributed by atoms with Crippen LogP contribution < -0.4 is 9.64 Å². The van der Waals surface area contributed by atoms with Crippen molar-refractivity contribution in [3.63, 3.8) is 0 Å². The van der Waals surface area contributed by atoms with E-state index in [0.29, 0.717) is 17.0 Å². The SMILES string of the molecule is COc1cc2c3c(c1)C(C1=C(O)CC(C)(C)CC1=O)(C1=C(O)CC(C)(C)CC1=O)C(=O)N3C(C)(C)C=C2C. The third-order valence-corrected chi connectivity index (χ3v) is 8.50. The first kappa shape index (κ1) is 26.3. The van der Waals surface area contributed by atoms with Gasteiger partial charge in [-0.1, -0.05) is 33.8 Å². The monoisotopic (exact) mass is 519 g/mol. The van der Waals surface area contributed by atoms with Crippen molar-refractivity contribution < 1.29 is 29.3 Å². The predicted molar refractivity (Wildman–Crippen MR) is 145 cm³/mol. The smallest absolute Gasteiger partial charge is 0.248 e. The minimum Gasteiger partial charge on any atom is -0.512 e. The molecule has 0 unspecified atom stereocenters. The molecule has 2 aliphatic carbocycles. The van der Waals surface area contributed by atoms with Gasteiger partial charge in [-0.2, -0.15) is 0 Å². The van der Waals surface area contributed by atoms with Crippen LogP contribution in [-0.4, -0.2) is 40.3 Å². The number of carbonyl (C=O) groups excluding carboxylic acids is 3. The summed E-state index contributed by atoms with van der Waals surface area (Å²) >= 11 is 0. The van der Waals surface area contributed by atoms with Gasteiger partial charge in [-0.15, -0.1) is 0 Å². The minimum absolute atomic E-state index is 0.0992. The number of amides is 1. The zero-order valence-corrected chi connectivity index (χ0v) is 23.5. The summed E-state index contributed by atoms with van der Waals surface area (Å²) in [6.07, 6.45) is 2.52. The lowest BCUT2D eigenvalue weighted by molar-refractivity contribution is -0.128. The van der Waals surface area contributed by atoms with Crippen LogP contribution in [0.15, 0.2) is 40.9 Å². The number of aliphatic hydroxyl groups excluding tert-OH is 2. The topological polar surface area (TPSA) is 104 Å². The van der Waals surface area contributed by atoms with E-state index in [0.717, 1.165) is 11.1 Å². The van der Waals surface area contributed by atoms with Crippen LogP contribution in [0.2, 0.25) is 0 Å². The van der Waals surface area contributed by atoms with E-state index in [2.05, 4.69) is 0 Å². The van der Waals surface area contributed by atoms with Crippen LogP contribution in [0.5, 0.6) is 5.75 Å². The molecule has 38 heavy (non-hydrogen) atoms. The number of ketones is 2. The van der Waals surface area contributed by atoms with Gasteiger partial charge in [-0.05, 0) is 49.3 Å². The van der Waals surface area contributed by atoms with Crippen molar-refractivity contribution >= 4 is 28.7 Å². The lowest BCUT2D eigenvalue weighted by Gasteiger charge is -2.43. The molecule has 0 saturated carbocycles. The normalized spacial score (nSPS) is 25.0. The molecule has 4 aliphatic rings. The molecule has 202 valence electrons. The highest BCUT2D eigenvalue weighted by Gasteiger charge is 2.65. The maximum absolute atomic E-state index is 15.0. The van der Waals surface area contributed by atoms with Gasteiger partial charge in [-0.25, -0.2) is 0 Å². The molecule has 7 nitrogen and oxygen atoms in total. The summed E-state index contributed by atoms with van der Waals surface area (Å²) in [6, 6.07) is 3.53. The van der Waals surface area contributed by atoms with Crippen molar-refractivity contribution in [2.45, 2.75) is 85.1 Å². The number of rotatable bonds is 3. The summed E-state index contributed by atoms with van der Waals surface area (Å²) in [5, 5.41) is 23.1. The van der Waals surface area contributed by atoms with Crippen LogP contribution in [0, 0.1) is 10.8 Å². The number of hydrogen-bond donors (Lipinski definition) is 2. The highest BCUT2D eigenvalue weighted by atomic mass is 16.5. The van der Waals surface area contributed by atoms with Gasteiger partial charge in [0.25, 0.3) is 0 Å². The molecule has 0 bridgehead atoms. The standard InChI is InChI=1S/C31H37NO6/c1-16-11-30(6,7)32-26-18(16)9-17(38-8)10-19(26)31(27(32)37,24-20(33)12-28(2,3)13-21(24)34)25-22(35)14-29(4,5)15-23(25)36/h9-11,33,35H,12-15H2,1-8H3. The van der Waals surface area contributed by atoms with Gasteiger partial charge in [-0.3, -0.25) is 14.4 Å². The molecule has 0 radical (unpaired) electrons. The highest BCUT2D eigenvalue weighted by molar-refractivity contribution is 6.26. The van der Waals surface area contributed by atoms with E-state index >= 15 is 0 Å². The Kier molecular flexibility index (Phi) is 5.42. The average Bonchev–Trinajstić information content (AvgIpc) is 2.99. The molecule has 0 aromatic heterocycles. The summed E-state index contributed by atoms with van der Waals surface area (Å²) in [5.41, 5.74) is -1.37. The lowest BCUT2D eigenvalue weighted by Crippen LogP contribution is -2.55. The van der Waals surface area contributed by atoms with Crippen molar-refractivity contribution in [2.75, 3.05) is 12.0 Å².